The lowest BCUT2D eigenvalue weighted by Gasteiger charge is -2.03. The number of amides is 1. The number of carbonyl (C=O) groups excluding carboxylic acids is 1. The molecule has 0 saturated heterocycles. The predicted octanol–water partition coefficient (Wildman–Crippen LogP) is 2.20. The first-order chi connectivity index (χ1) is 8.00. The third-order valence-corrected chi connectivity index (χ3v) is 2.09. The quantitative estimate of drug-likeness (QED) is 0.615. The third kappa shape index (κ3) is 4.18. The van der Waals surface area contributed by atoms with Crippen molar-refractivity contribution in [1.82, 2.24) is 5.32 Å². The van der Waals surface area contributed by atoms with Gasteiger partial charge in [0, 0.05) is 13.0 Å². The van der Waals surface area contributed by atoms with E-state index >= 15 is 0 Å². The molecular weight excluding hydrogens is 232 g/mol. The molecule has 6 heteroatoms. The molecule has 0 spiro atoms. The van der Waals surface area contributed by atoms with Crippen molar-refractivity contribution >= 4 is 11.9 Å². The highest BCUT2D eigenvalue weighted by atomic mass is 19.1. The minimum absolute atomic E-state index is 0.0410. The lowest BCUT2D eigenvalue weighted by Crippen LogP contribution is -2.22. The fourth-order valence-electron chi connectivity index (χ4n) is 1.29. The largest absolute Gasteiger partial charge is 0.465 e. The number of ketones is 1. The van der Waals surface area contributed by atoms with Crippen molar-refractivity contribution in [1.29, 1.82) is 0 Å². The lowest BCUT2D eigenvalue weighted by atomic mass is 10.1. The predicted molar refractivity (Wildman–Crippen MR) is 56.0 cm³/mol. The summed E-state index contributed by atoms with van der Waals surface area (Å²) in [5.74, 6) is -2.00. The SMILES string of the molecule is O=C(O)NCCCC(=O)c1cc(F)ccc1F. The highest BCUT2D eigenvalue weighted by Crippen LogP contribution is 2.12. The number of rotatable bonds is 5. The van der Waals surface area contributed by atoms with Crippen LogP contribution in [-0.2, 0) is 0 Å². The zero-order chi connectivity index (χ0) is 12.8. The van der Waals surface area contributed by atoms with Gasteiger partial charge in [0.05, 0.1) is 5.56 Å². The van der Waals surface area contributed by atoms with Crippen molar-refractivity contribution < 1.29 is 23.5 Å². The van der Waals surface area contributed by atoms with E-state index in [1.165, 1.54) is 0 Å². The van der Waals surface area contributed by atoms with Crippen LogP contribution in [0.5, 0.6) is 0 Å². The molecule has 92 valence electrons. The molecule has 0 radical (unpaired) electrons. The molecule has 0 aliphatic heterocycles. The van der Waals surface area contributed by atoms with Gasteiger partial charge in [0.25, 0.3) is 0 Å². The fourth-order valence-corrected chi connectivity index (χ4v) is 1.29. The summed E-state index contributed by atoms with van der Waals surface area (Å²) >= 11 is 0. The van der Waals surface area contributed by atoms with Crippen LogP contribution in [0.1, 0.15) is 23.2 Å². The van der Waals surface area contributed by atoms with Crippen molar-refractivity contribution in [2.45, 2.75) is 12.8 Å². The Morgan fingerprint density at radius 3 is 2.65 bits per heavy atom. The number of halogens is 2. The molecule has 1 rings (SSSR count). The van der Waals surface area contributed by atoms with Crippen LogP contribution in [0.15, 0.2) is 18.2 Å². The van der Waals surface area contributed by atoms with E-state index in [0.29, 0.717) is 0 Å². The summed E-state index contributed by atoms with van der Waals surface area (Å²) in [5, 5.41) is 10.3. The van der Waals surface area contributed by atoms with Crippen LogP contribution in [0.25, 0.3) is 0 Å². The van der Waals surface area contributed by atoms with Gasteiger partial charge in [-0.05, 0) is 24.6 Å². The van der Waals surface area contributed by atoms with Crippen LogP contribution in [0, 0.1) is 11.6 Å². The number of hydrogen-bond donors (Lipinski definition) is 2. The molecule has 0 bridgehead atoms. The maximum atomic E-state index is 13.2. The van der Waals surface area contributed by atoms with Crippen LogP contribution >= 0.6 is 0 Å². The van der Waals surface area contributed by atoms with Crippen molar-refractivity contribution in [3.8, 4) is 0 Å². The van der Waals surface area contributed by atoms with Gasteiger partial charge in [0.2, 0.25) is 0 Å². The minimum atomic E-state index is -1.19. The number of hydrogen-bond acceptors (Lipinski definition) is 2. The summed E-state index contributed by atoms with van der Waals surface area (Å²) in [6.07, 6.45) is -0.990. The monoisotopic (exact) mass is 243 g/mol. The Hall–Kier alpha value is -1.98. The molecule has 0 aromatic heterocycles. The Labute approximate surface area is 96.3 Å². The summed E-state index contributed by atoms with van der Waals surface area (Å²) in [4.78, 5) is 21.6. The Morgan fingerprint density at radius 2 is 2.00 bits per heavy atom. The number of Topliss-reactive ketones (excluding diaryl/α,β-unsaturated/α-hetero) is 1. The fraction of sp³-hybridized carbons (Fsp3) is 0.273. The first-order valence-electron chi connectivity index (χ1n) is 4.95. The van der Waals surface area contributed by atoms with E-state index < -0.39 is 23.5 Å². The van der Waals surface area contributed by atoms with Gasteiger partial charge >= 0.3 is 6.09 Å². The average molecular weight is 243 g/mol. The molecular formula is C11H11F2NO3. The Balaban J connectivity index is 2.52. The van der Waals surface area contributed by atoms with Crippen LogP contribution < -0.4 is 5.32 Å². The van der Waals surface area contributed by atoms with Crippen LogP contribution in [-0.4, -0.2) is 23.5 Å². The first-order valence-corrected chi connectivity index (χ1v) is 4.95. The normalized spacial score (nSPS) is 10.0. The zero-order valence-electron chi connectivity index (χ0n) is 8.87. The van der Waals surface area contributed by atoms with Crippen LogP contribution in [0.4, 0.5) is 13.6 Å². The maximum absolute atomic E-state index is 13.2. The molecule has 1 amide bonds. The highest BCUT2D eigenvalue weighted by molar-refractivity contribution is 5.96. The van der Waals surface area contributed by atoms with E-state index in [0.717, 1.165) is 18.2 Å². The van der Waals surface area contributed by atoms with E-state index in [-0.39, 0.29) is 24.9 Å². The summed E-state index contributed by atoms with van der Waals surface area (Å²) in [7, 11) is 0. The molecule has 0 fully saturated rings. The molecule has 0 atom stereocenters. The molecule has 1 aromatic carbocycles. The standard InChI is InChI=1S/C11H11F2NO3/c12-7-3-4-9(13)8(6-7)10(15)2-1-5-14-11(16)17/h3-4,6,14H,1-2,5H2,(H,16,17). The summed E-state index contributed by atoms with van der Waals surface area (Å²) in [5.41, 5.74) is -0.305. The van der Waals surface area contributed by atoms with Gasteiger partial charge in [-0.3, -0.25) is 4.79 Å². The van der Waals surface area contributed by atoms with Crippen LogP contribution in [0.3, 0.4) is 0 Å². The van der Waals surface area contributed by atoms with E-state index in [1.807, 2.05) is 0 Å². The Morgan fingerprint density at radius 1 is 1.29 bits per heavy atom. The topological polar surface area (TPSA) is 66.4 Å². The van der Waals surface area contributed by atoms with E-state index in [4.69, 9.17) is 5.11 Å². The second-order valence-corrected chi connectivity index (χ2v) is 3.38. The van der Waals surface area contributed by atoms with Crippen LogP contribution in [0.2, 0.25) is 0 Å². The Bertz CT molecular complexity index is 435. The molecule has 2 N–H and O–H groups in total. The van der Waals surface area contributed by atoms with E-state index in [2.05, 4.69) is 5.32 Å². The molecule has 0 heterocycles. The van der Waals surface area contributed by atoms with Gasteiger partial charge in [0.1, 0.15) is 11.6 Å². The first kappa shape index (κ1) is 13.1. The van der Waals surface area contributed by atoms with Crippen molar-refractivity contribution in [2.75, 3.05) is 6.54 Å². The average Bonchev–Trinajstić information content (AvgIpc) is 2.27. The molecule has 4 nitrogen and oxygen atoms in total. The molecule has 0 aliphatic carbocycles. The van der Waals surface area contributed by atoms with Gasteiger partial charge in [-0.2, -0.15) is 0 Å². The van der Waals surface area contributed by atoms with Gasteiger partial charge in [-0.15, -0.1) is 0 Å². The molecule has 0 saturated carbocycles. The van der Waals surface area contributed by atoms with E-state index in [9.17, 15) is 18.4 Å². The van der Waals surface area contributed by atoms with Gasteiger partial charge in [-0.1, -0.05) is 0 Å². The van der Waals surface area contributed by atoms with Crippen molar-refractivity contribution in [2.24, 2.45) is 0 Å². The third-order valence-electron chi connectivity index (χ3n) is 2.09. The van der Waals surface area contributed by atoms with E-state index in [1.54, 1.807) is 0 Å². The molecule has 1 aromatic rings. The highest BCUT2D eigenvalue weighted by Gasteiger charge is 2.12. The number of carbonyl (C=O) groups is 2. The Kier molecular flexibility index (Phi) is 4.56. The summed E-state index contributed by atoms with van der Waals surface area (Å²) in [6.45, 7) is 0.0952. The van der Waals surface area contributed by atoms with Gasteiger partial charge in [-0.25, -0.2) is 13.6 Å². The molecule has 0 aliphatic rings. The van der Waals surface area contributed by atoms with Crippen molar-refractivity contribution in [3.05, 3.63) is 35.4 Å². The number of nitrogens with one attached hydrogen (secondary N) is 1. The van der Waals surface area contributed by atoms with Crippen molar-refractivity contribution in [3.63, 3.8) is 0 Å². The summed E-state index contributed by atoms with van der Waals surface area (Å²) in [6, 6.07) is 2.65. The second kappa shape index (κ2) is 5.93. The molecule has 0 unspecified atom stereocenters. The zero-order valence-corrected chi connectivity index (χ0v) is 8.87. The molecule has 17 heavy (non-hydrogen) atoms. The second-order valence-electron chi connectivity index (χ2n) is 3.38. The van der Waals surface area contributed by atoms with Gasteiger partial charge < -0.3 is 10.4 Å². The maximum Gasteiger partial charge on any atom is 0.404 e. The lowest BCUT2D eigenvalue weighted by molar-refractivity contribution is 0.0975. The number of carboxylic acid groups (broad SMARTS) is 1. The minimum Gasteiger partial charge on any atom is -0.465 e. The summed E-state index contributed by atoms with van der Waals surface area (Å²) < 4.78 is 26.0. The number of benzene rings is 1. The smallest absolute Gasteiger partial charge is 0.404 e. The van der Waals surface area contributed by atoms with Gasteiger partial charge in [0.15, 0.2) is 5.78 Å².